The van der Waals surface area contributed by atoms with Crippen LogP contribution in [0, 0.1) is 0 Å². The molecule has 0 N–H and O–H groups in total. The molecule has 0 saturated carbocycles. The van der Waals surface area contributed by atoms with E-state index in [0.29, 0.717) is 11.3 Å². The van der Waals surface area contributed by atoms with Gasteiger partial charge in [-0.25, -0.2) is 4.98 Å². The van der Waals surface area contributed by atoms with E-state index in [4.69, 9.17) is 0 Å². The second kappa shape index (κ2) is 7.73. The number of alkyl halides is 3. The average Bonchev–Trinajstić information content (AvgIpc) is 3.06. The Kier molecular flexibility index (Phi) is 5.60. The minimum absolute atomic E-state index is 0.0142. The van der Waals surface area contributed by atoms with Gasteiger partial charge in [-0.15, -0.1) is 0 Å². The number of nitrogens with zero attached hydrogens (tertiary/aromatic N) is 3. The van der Waals surface area contributed by atoms with Gasteiger partial charge >= 0.3 is 6.18 Å². The summed E-state index contributed by atoms with van der Waals surface area (Å²) in [6.07, 6.45) is 0.461. The van der Waals surface area contributed by atoms with Gasteiger partial charge in [-0.1, -0.05) is 12.1 Å². The van der Waals surface area contributed by atoms with Gasteiger partial charge in [-0.3, -0.25) is 4.79 Å². The first-order valence-corrected chi connectivity index (χ1v) is 9.53. The number of carbonyl (C=O) groups excluding carboxylic acids is 1. The summed E-state index contributed by atoms with van der Waals surface area (Å²) in [6.45, 7) is 0.147. The largest absolute Gasteiger partial charge is 0.416 e. The summed E-state index contributed by atoms with van der Waals surface area (Å²) in [5.74, 6) is 1.65. The maximum Gasteiger partial charge on any atom is 0.416 e. The molecule has 0 bridgehead atoms. The summed E-state index contributed by atoms with van der Waals surface area (Å²) in [7, 11) is 1.78. The molecule has 1 aromatic carbocycles. The fourth-order valence-electron chi connectivity index (χ4n) is 3.08. The fourth-order valence-corrected chi connectivity index (χ4v) is 4.16. The Labute approximate surface area is 154 Å². The summed E-state index contributed by atoms with van der Waals surface area (Å²) < 4.78 is 40.7. The van der Waals surface area contributed by atoms with E-state index in [1.165, 1.54) is 6.07 Å². The Morgan fingerprint density at radius 3 is 2.69 bits per heavy atom. The number of aromatic nitrogens is 2. The zero-order chi connectivity index (χ0) is 18.7. The Morgan fingerprint density at radius 2 is 2.08 bits per heavy atom. The van der Waals surface area contributed by atoms with Gasteiger partial charge in [0, 0.05) is 25.8 Å². The van der Waals surface area contributed by atoms with Gasteiger partial charge in [-0.2, -0.15) is 24.9 Å². The molecular formula is C18H20F3N3OS. The highest BCUT2D eigenvalue weighted by Gasteiger charge is 2.32. The average molecular weight is 383 g/mol. The van der Waals surface area contributed by atoms with Crippen LogP contribution in [0.15, 0.2) is 36.8 Å². The van der Waals surface area contributed by atoms with Crippen molar-refractivity contribution < 1.29 is 18.0 Å². The molecule has 8 heteroatoms. The summed E-state index contributed by atoms with van der Waals surface area (Å²) in [5.41, 5.74) is 0.0967. The first-order valence-electron chi connectivity index (χ1n) is 8.37. The third-order valence-electron chi connectivity index (χ3n) is 4.42. The van der Waals surface area contributed by atoms with Crippen molar-refractivity contribution in [2.24, 2.45) is 7.05 Å². The first kappa shape index (κ1) is 18.8. The lowest BCUT2D eigenvalue weighted by Gasteiger charge is -2.34. The highest BCUT2D eigenvalue weighted by Crippen LogP contribution is 2.30. The molecule has 0 aliphatic carbocycles. The van der Waals surface area contributed by atoms with Crippen LogP contribution in [-0.2, 0) is 19.8 Å². The lowest BCUT2D eigenvalue weighted by atomic mass is 10.1. The van der Waals surface area contributed by atoms with Crippen LogP contribution in [0.5, 0.6) is 0 Å². The zero-order valence-electron chi connectivity index (χ0n) is 14.4. The van der Waals surface area contributed by atoms with Crippen LogP contribution in [0.2, 0.25) is 0 Å². The highest BCUT2D eigenvalue weighted by atomic mass is 32.2. The lowest BCUT2D eigenvalue weighted by molar-refractivity contribution is -0.137. The molecule has 2 aromatic rings. The monoisotopic (exact) mass is 383 g/mol. The van der Waals surface area contributed by atoms with Crippen LogP contribution in [0.1, 0.15) is 34.5 Å². The van der Waals surface area contributed by atoms with Gasteiger partial charge in [0.25, 0.3) is 5.91 Å². The number of thioether (sulfide) groups is 1. The van der Waals surface area contributed by atoms with Gasteiger partial charge in [0.15, 0.2) is 0 Å². The first-order chi connectivity index (χ1) is 12.3. The van der Waals surface area contributed by atoms with Gasteiger partial charge in [0.1, 0.15) is 5.69 Å². The topological polar surface area (TPSA) is 38.1 Å². The molecule has 1 fully saturated rings. The fraction of sp³-hybridized carbons (Fsp3) is 0.444. The number of carbonyl (C=O) groups is 1. The van der Waals surface area contributed by atoms with Gasteiger partial charge in [-0.05, 0) is 42.0 Å². The summed E-state index contributed by atoms with van der Waals surface area (Å²) in [6, 6.07) is 5.20. The van der Waals surface area contributed by atoms with Crippen molar-refractivity contribution in [1.29, 1.82) is 0 Å². The Hall–Kier alpha value is -1.96. The molecule has 1 aromatic heterocycles. The van der Waals surface area contributed by atoms with Gasteiger partial charge in [0.2, 0.25) is 0 Å². The molecule has 0 atom stereocenters. The van der Waals surface area contributed by atoms with Crippen molar-refractivity contribution in [2.45, 2.75) is 31.6 Å². The molecule has 4 nitrogen and oxygen atoms in total. The van der Waals surface area contributed by atoms with Crippen LogP contribution >= 0.6 is 11.8 Å². The number of hydrogen-bond donors (Lipinski definition) is 0. The normalized spacial score (nSPS) is 15.8. The minimum Gasteiger partial charge on any atom is -0.340 e. The Bertz CT molecular complexity index is 769. The van der Waals surface area contributed by atoms with Crippen molar-refractivity contribution in [3.63, 3.8) is 0 Å². The van der Waals surface area contributed by atoms with Gasteiger partial charge in [0.05, 0.1) is 11.9 Å². The van der Waals surface area contributed by atoms with Crippen LogP contribution in [0.25, 0.3) is 0 Å². The van der Waals surface area contributed by atoms with Crippen molar-refractivity contribution in [3.8, 4) is 0 Å². The number of benzene rings is 1. The molecule has 1 aliphatic rings. The van der Waals surface area contributed by atoms with Crippen molar-refractivity contribution >= 4 is 17.7 Å². The van der Waals surface area contributed by atoms with E-state index in [-0.39, 0.29) is 18.5 Å². The lowest BCUT2D eigenvalue weighted by Crippen LogP contribution is -2.42. The number of rotatable bonds is 4. The molecule has 0 radical (unpaired) electrons. The number of imidazole rings is 1. The van der Waals surface area contributed by atoms with Crippen molar-refractivity contribution in [3.05, 3.63) is 53.6 Å². The van der Waals surface area contributed by atoms with Crippen LogP contribution < -0.4 is 0 Å². The number of amides is 1. The van der Waals surface area contributed by atoms with E-state index >= 15 is 0 Å². The van der Waals surface area contributed by atoms with E-state index in [1.54, 1.807) is 35.1 Å². The third kappa shape index (κ3) is 4.41. The minimum atomic E-state index is -4.40. The van der Waals surface area contributed by atoms with E-state index < -0.39 is 11.7 Å². The quantitative estimate of drug-likeness (QED) is 0.802. The highest BCUT2D eigenvalue weighted by molar-refractivity contribution is 7.99. The smallest absolute Gasteiger partial charge is 0.340 e. The number of hydrogen-bond acceptors (Lipinski definition) is 3. The van der Waals surface area contributed by atoms with E-state index in [1.807, 2.05) is 11.8 Å². The second-order valence-corrected chi connectivity index (χ2v) is 7.62. The SMILES string of the molecule is Cn1cnc(C(=O)N(Cc2cccc(C(F)(F)F)c2)C2CCSCC2)c1. The van der Waals surface area contributed by atoms with E-state index in [0.717, 1.165) is 36.5 Å². The maximum atomic E-state index is 13.0. The molecule has 140 valence electrons. The molecule has 3 rings (SSSR count). The Balaban J connectivity index is 1.87. The molecule has 1 aliphatic heterocycles. The van der Waals surface area contributed by atoms with Crippen molar-refractivity contribution in [2.75, 3.05) is 11.5 Å². The van der Waals surface area contributed by atoms with E-state index in [9.17, 15) is 18.0 Å². The number of aryl methyl sites for hydroxylation is 1. The molecular weight excluding hydrogens is 363 g/mol. The standard InChI is InChI=1S/C18H20F3N3OS/c1-23-11-16(22-12-23)17(25)24(15-5-7-26-8-6-15)10-13-3-2-4-14(9-13)18(19,20)21/h2-4,9,11-12,15H,5-8,10H2,1H3. The van der Waals surface area contributed by atoms with E-state index in [2.05, 4.69) is 4.98 Å². The van der Waals surface area contributed by atoms with Crippen molar-refractivity contribution in [1.82, 2.24) is 14.5 Å². The predicted molar refractivity (Wildman–Crippen MR) is 94.9 cm³/mol. The molecule has 0 spiro atoms. The van der Waals surface area contributed by atoms with Crippen LogP contribution in [0.4, 0.5) is 13.2 Å². The molecule has 1 amide bonds. The summed E-state index contributed by atoms with van der Waals surface area (Å²) >= 11 is 1.83. The van der Waals surface area contributed by atoms with Gasteiger partial charge < -0.3 is 9.47 Å². The molecule has 2 heterocycles. The molecule has 1 saturated heterocycles. The maximum absolute atomic E-state index is 13.0. The zero-order valence-corrected chi connectivity index (χ0v) is 15.2. The van der Waals surface area contributed by atoms with Crippen LogP contribution in [0.3, 0.4) is 0 Å². The third-order valence-corrected chi connectivity index (χ3v) is 5.47. The molecule has 26 heavy (non-hydrogen) atoms. The van der Waals surface area contributed by atoms with Crippen LogP contribution in [-0.4, -0.2) is 37.9 Å². The molecule has 0 unspecified atom stereocenters. The Morgan fingerprint density at radius 1 is 1.35 bits per heavy atom. The summed E-state index contributed by atoms with van der Waals surface area (Å²) in [4.78, 5) is 18.8. The second-order valence-electron chi connectivity index (χ2n) is 6.40. The number of halogens is 3. The predicted octanol–water partition coefficient (Wildman–Crippen LogP) is 3.98. The summed E-state index contributed by atoms with van der Waals surface area (Å²) in [5, 5.41) is 0.